The van der Waals surface area contributed by atoms with Gasteiger partial charge >= 0.3 is 0 Å². The van der Waals surface area contributed by atoms with Gasteiger partial charge in [0.1, 0.15) is 18.8 Å². The number of para-hydroxylation sites is 1. The molecule has 1 aliphatic heterocycles. The van der Waals surface area contributed by atoms with E-state index >= 15 is 0 Å². The Morgan fingerprint density at radius 2 is 2.10 bits per heavy atom. The molecule has 0 radical (unpaired) electrons. The van der Waals surface area contributed by atoms with Crippen molar-refractivity contribution >= 4 is 22.3 Å². The minimum atomic E-state index is -0.779. The van der Waals surface area contributed by atoms with Crippen molar-refractivity contribution in [3.63, 3.8) is 0 Å². The van der Waals surface area contributed by atoms with Crippen LogP contribution in [-0.4, -0.2) is 50.4 Å². The molecule has 3 aromatic rings. The highest BCUT2D eigenvalue weighted by molar-refractivity contribution is 5.98. The summed E-state index contributed by atoms with van der Waals surface area (Å²) >= 11 is 0. The Hall–Kier alpha value is -3.74. The van der Waals surface area contributed by atoms with E-state index in [0.717, 1.165) is 0 Å². The fraction of sp³-hybridized carbons (Fsp3) is 0.273. The Morgan fingerprint density at radius 3 is 2.87 bits per heavy atom. The van der Waals surface area contributed by atoms with Crippen LogP contribution in [0.1, 0.15) is 5.56 Å². The third kappa shape index (κ3) is 4.12. The number of hydrogen-bond donors (Lipinski definition) is 2. The number of nitrogens with one attached hydrogen (secondary N) is 1. The number of aliphatic hydroxyl groups is 1. The van der Waals surface area contributed by atoms with E-state index in [1.807, 2.05) is 18.2 Å². The van der Waals surface area contributed by atoms with Gasteiger partial charge in [0.25, 0.3) is 0 Å². The van der Waals surface area contributed by atoms with Gasteiger partial charge in [0.05, 0.1) is 36.2 Å². The third-order valence-electron chi connectivity index (χ3n) is 4.72. The van der Waals surface area contributed by atoms with E-state index < -0.39 is 6.10 Å². The van der Waals surface area contributed by atoms with Crippen LogP contribution in [0.4, 0.5) is 11.4 Å². The lowest BCUT2D eigenvalue weighted by Crippen LogP contribution is -2.22. The van der Waals surface area contributed by atoms with Crippen molar-refractivity contribution in [1.82, 2.24) is 4.98 Å². The number of anilines is 2. The normalized spacial score (nSPS) is 13.0. The smallest absolute Gasteiger partial charge is 0.231 e. The Bertz CT molecular complexity index is 1140. The number of pyridine rings is 1. The van der Waals surface area contributed by atoms with E-state index in [4.69, 9.17) is 23.7 Å². The molecule has 0 unspecified atom stereocenters. The molecular weight excluding hydrogens is 402 g/mol. The van der Waals surface area contributed by atoms with Crippen LogP contribution in [-0.2, 0) is 4.74 Å². The average Bonchev–Trinajstić information content (AvgIpc) is 3.27. The quantitative estimate of drug-likeness (QED) is 0.564. The zero-order valence-electron chi connectivity index (χ0n) is 17.0. The predicted molar refractivity (Wildman–Crippen MR) is 112 cm³/mol. The van der Waals surface area contributed by atoms with Crippen LogP contribution in [0.25, 0.3) is 10.9 Å². The molecule has 0 amide bonds. The monoisotopic (exact) mass is 423 g/mol. The molecule has 0 fully saturated rings. The summed E-state index contributed by atoms with van der Waals surface area (Å²) in [4.78, 5) is 4.39. The van der Waals surface area contributed by atoms with Gasteiger partial charge in [-0.1, -0.05) is 6.07 Å². The van der Waals surface area contributed by atoms with Crippen molar-refractivity contribution in [1.29, 1.82) is 5.26 Å². The van der Waals surface area contributed by atoms with Gasteiger partial charge in [0.15, 0.2) is 23.0 Å². The molecule has 1 aromatic heterocycles. The molecule has 9 heteroatoms. The van der Waals surface area contributed by atoms with Gasteiger partial charge in [-0.15, -0.1) is 0 Å². The van der Waals surface area contributed by atoms with E-state index in [2.05, 4.69) is 16.4 Å². The number of aromatic nitrogens is 1. The summed E-state index contributed by atoms with van der Waals surface area (Å²) in [6.45, 7) is 0.325. The molecular formula is C22H21N3O6. The van der Waals surface area contributed by atoms with Crippen LogP contribution >= 0.6 is 0 Å². The topological polar surface area (TPSA) is 115 Å². The molecule has 2 aromatic carbocycles. The lowest BCUT2D eigenvalue weighted by molar-refractivity contribution is 0.0319. The molecule has 2 heterocycles. The van der Waals surface area contributed by atoms with Crippen molar-refractivity contribution in [3.05, 3.63) is 42.1 Å². The number of aliphatic hydroxyl groups excluding tert-OH is 1. The van der Waals surface area contributed by atoms with Crippen LogP contribution in [0, 0.1) is 11.3 Å². The first-order valence-corrected chi connectivity index (χ1v) is 9.51. The number of rotatable bonds is 8. The minimum absolute atomic E-state index is 0.0323. The highest BCUT2D eigenvalue weighted by Gasteiger charge is 2.20. The second-order valence-corrected chi connectivity index (χ2v) is 6.76. The van der Waals surface area contributed by atoms with Gasteiger partial charge in [-0.25, -0.2) is 0 Å². The highest BCUT2D eigenvalue weighted by atomic mass is 16.7. The summed E-state index contributed by atoms with van der Waals surface area (Å²) in [6, 6.07) is 11.1. The van der Waals surface area contributed by atoms with Gasteiger partial charge < -0.3 is 34.1 Å². The molecule has 0 spiro atoms. The van der Waals surface area contributed by atoms with Crippen LogP contribution in [0.5, 0.6) is 23.0 Å². The molecule has 160 valence electrons. The van der Waals surface area contributed by atoms with E-state index in [-0.39, 0.29) is 20.0 Å². The van der Waals surface area contributed by atoms with Crippen LogP contribution < -0.4 is 24.3 Å². The van der Waals surface area contributed by atoms with Crippen molar-refractivity contribution in [2.24, 2.45) is 0 Å². The third-order valence-corrected chi connectivity index (χ3v) is 4.72. The summed E-state index contributed by atoms with van der Waals surface area (Å²) in [5, 5.41) is 23.5. The summed E-state index contributed by atoms with van der Waals surface area (Å²) in [5.74, 6) is 2.07. The van der Waals surface area contributed by atoms with Crippen LogP contribution in [0.3, 0.4) is 0 Å². The zero-order valence-corrected chi connectivity index (χ0v) is 17.0. The van der Waals surface area contributed by atoms with Crippen molar-refractivity contribution in [2.45, 2.75) is 6.10 Å². The maximum Gasteiger partial charge on any atom is 0.231 e. The Kier molecular flexibility index (Phi) is 5.93. The highest BCUT2D eigenvalue weighted by Crippen LogP contribution is 2.43. The predicted octanol–water partition coefficient (Wildman–Crippen LogP) is 2.97. The number of hydrogen-bond acceptors (Lipinski definition) is 9. The van der Waals surface area contributed by atoms with Crippen molar-refractivity contribution < 1.29 is 28.8 Å². The van der Waals surface area contributed by atoms with E-state index in [9.17, 15) is 10.4 Å². The molecule has 4 rings (SSSR count). The SMILES string of the molecule is COC[C@@H](O)COc1cc2ncc(C#N)c(Nc3cccc4c3OCO4)c2cc1OC. The van der Waals surface area contributed by atoms with Crippen LogP contribution in [0.15, 0.2) is 36.5 Å². The summed E-state index contributed by atoms with van der Waals surface area (Å²) < 4.78 is 27.1. The van der Waals surface area contributed by atoms with E-state index in [0.29, 0.717) is 50.8 Å². The van der Waals surface area contributed by atoms with Gasteiger partial charge in [-0.2, -0.15) is 5.26 Å². The fourth-order valence-electron chi connectivity index (χ4n) is 3.28. The van der Waals surface area contributed by atoms with Gasteiger partial charge in [-0.3, -0.25) is 4.98 Å². The molecule has 0 saturated heterocycles. The molecule has 9 nitrogen and oxygen atoms in total. The Balaban J connectivity index is 1.75. The summed E-state index contributed by atoms with van der Waals surface area (Å²) in [6.07, 6.45) is 0.709. The van der Waals surface area contributed by atoms with Crippen molar-refractivity contribution in [3.8, 4) is 29.1 Å². The van der Waals surface area contributed by atoms with Gasteiger partial charge in [0, 0.05) is 24.8 Å². The second kappa shape index (κ2) is 8.95. The minimum Gasteiger partial charge on any atom is -0.493 e. The maximum absolute atomic E-state index is 9.87. The van der Waals surface area contributed by atoms with E-state index in [1.54, 1.807) is 12.1 Å². The number of nitriles is 1. The molecule has 2 N–H and O–H groups in total. The summed E-state index contributed by atoms with van der Waals surface area (Å²) in [5.41, 5.74) is 2.17. The lowest BCUT2D eigenvalue weighted by Gasteiger charge is -2.17. The average molecular weight is 423 g/mol. The number of fused-ring (bicyclic) bond motifs is 2. The number of methoxy groups -OCH3 is 2. The number of nitrogens with zero attached hydrogens (tertiary/aromatic N) is 2. The van der Waals surface area contributed by atoms with Crippen molar-refractivity contribution in [2.75, 3.05) is 39.5 Å². The lowest BCUT2D eigenvalue weighted by atomic mass is 10.1. The summed E-state index contributed by atoms with van der Waals surface area (Å²) in [7, 11) is 3.02. The molecule has 31 heavy (non-hydrogen) atoms. The first kappa shape index (κ1) is 20.5. The molecule has 0 saturated carbocycles. The first-order valence-electron chi connectivity index (χ1n) is 9.51. The van der Waals surface area contributed by atoms with Gasteiger partial charge in [-0.05, 0) is 18.2 Å². The molecule has 0 bridgehead atoms. The molecule has 0 aliphatic carbocycles. The largest absolute Gasteiger partial charge is 0.493 e. The van der Waals surface area contributed by atoms with E-state index in [1.165, 1.54) is 20.4 Å². The number of benzene rings is 2. The number of ether oxygens (including phenoxy) is 5. The first-order chi connectivity index (χ1) is 15.1. The van der Waals surface area contributed by atoms with Crippen LogP contribution in [0.2, 0.25) is 0 Å². The standard InChI is InChI=1S/C22H21N3O6/c1-27-10-14(26)11-29-20-7-17-15(6-19(20)28-2)21(13(8-23)9-24-17)25-16-4-3-5-18-22(16)31-12-30-18/h3-7,9,14,26H,10-12H2,1-2H3,(H,24,25)/t14-/m1/s1. The second-order valence-electron chi connectivity index (χ2n) is 6.76. The zero-order chi connectivity index (χ0) is 21.8. The maximum atomic E-state index is 9.87. The Labute approximate surface area is 178 Å². The fourth-order valence-corrected chi connectivity index (χ4v) is 3.28. The van der Waals surface area contributed by atoms with Gasteiger partial charge in [0.2, 0.25) is 6.79 Å². The molecule has 1 atom stereocenters. The molecule has 1 aliphatic rings. The Morgan fingerprint density at radius 1 is 1.23 bits per heavy atom.